The monoisotopic (exact) mass is 392 g/mol. The zero-order valence-corrected chi connectivity index (χ0v) is 16.1. The van der Waals surface area contributed by atoms with Gasteiger partial charge in [-0.1, -0.05) is 18.2 Å². The van der Waals surface area contributed by atoms with Crippen LogP contribution >= 0.6 is 0 Å². The van der Waals surface area contributed by atoms with Crippen LogP contribution in [-0.2, 0) is 9.53 Å². The third kappa shape index (κ3) is 3.99. The van der Waals surface area contributed by atoms with Gasteiger partial charge in [-0.15, -0.1) is 0 Å². The average molecular weight is 392 g/mol. The normalized spacial score (nSPS) is 13.6. The predicted molar refractivity (Wildman–Crippen MR) is 107 cm³/mol. The summed E-state index contributed by atoms with van der Waals surface area (Å²) < 4.78 is 16.4. The van der Waals surface area contributed by atoms with Crippen LogP contribution in [0.1, 0.15) is 23.0 Å². The molecule has 29 heavy (non-hydrogen) atoms. The van der Waals surface area contributed by atoms with Crippen molar-refractivity contribution in [3.8, 4) is 11.5 Å². The van der Waals surface area contributed by atoms with Crippen LogP contribution in [0.15, 0.2) is 48.5 Å². The van der Waals surface area contributed by atoms with Crippen molar-refractivity contribution in [2.24, 2.45) is 0 Å². The quantitative estimate of drug-likeness (QED) is 0.684. The molecule has 0 saturated heterocycles. The molecule has 0 spiro atoms. The summed E-state index contributed by atoms with van der Waals surface area (Å²) in [4.78, 5) is 29.6. The molecule has 1 aliphatic heterocycles. The number of nitrogens with zero attached hydrogens (tertiary/aromatic N) is 1. The highest BCUT2D eigenvalue weighted by Crippen LogP contribution is 2.32. The van der Waals surface area contributed by atoms with Crippen LogP contribution < -0.4 is 14.8 Å². The zero-order valence-electron chi connectivity index (χ0n) is 16.1. The number of benzene rings is 2. The minimum atomic E-state index is -0.983. The number of aromatic nitrogens is 1. The van der Waals surface area contributed by atoms with Crippen molar-refractivity contribution in [3.63, 3.8) is 0 Å². The van der Waals surface area contributed by atoms with E-state index in [1.165, 1.54) is 6.92 Å². The number of rotatable bonds is 4. The maximum atomic E-state index is 12.7. The van der Waals surface area contributed by atoms with Gasteiger partial charge in [-0.25, -0.2) is 4.79 Å². The molecule has 3 aromatic rings. The van der Waals surface area contributed by atoms with E-state index in [1.54, 1.807) is 37.3 Å². The van der Waals surface area contributed by atoms with Gasteiger partial charge in [-0.05, 0) is 38.1 Å². The lowest BCUT2D eigenvalue weighted by atomic mass is 10.1. The van der Waals surface area contributed by atoms with Gasteiger partial charge in [0.2, 0.25) is 0 Å². The Morgan fingerprint density at radius 3 is 2.66 bits per heavy atom. The van der Waals surface area contributed by atoms with E-state index in [0.29, 0.717) is 52.6 Å². The zero-order chi connectivity index (χ0) is 20.4. The van der Waals surface area contributed by atoms with E-state index in [-0.39, 0.29) is 0 Å². The largest absolute Gasteiger partial charge is 0.486 e. The van der Waals surface area contributed by atoms with Crippen LogP contribution in [0.4, 0.5) is 5.69 Å². The van der Waals surface area contributed by atoms with Gasteiger partial charge in [0.1, 0.15) is 13.2 Å². The summed E-state index contributed by atoms with van der Waals surface area (Å²) in [6, 6.07) is 14.1. The van der Waals surface area contributed by atoms with E-state index in [4.69, 9.17) is 14.2 Å². The molecule has 1 aromatic heterocycles. The highest BCUT2D eigenvalue weighted by molar-refractivity contribution is 6.05. The lowest BCUT2D eigenvalue weighted by Gasteiger charge is -2.19. The number of aryl methyl sites for hydroxylation is 1. The van der Waals surface area contributed by atoms with E-state index >= 15 is 0 Å². The van der Waals surface area contributed by atoms with E-state index in [2.05, 4.69) is 10.3 Å². The Morgan fingerprint density at radius 2 is 1.83 bits per heavy atom. The fraction of sp³-hybridized carbons (Fsp3) is 0.227. The summed E-state index contributed by atoms with van der Waals surface area (Å²) in [5.74, 6) is 0.188. The first-order valence-corrected chi connectivity index (χ1v) is 9.29. The maximum Gasteiger partial charge on any atom is 0.339 e. The predicted octanol–water partition coefficient (Wildman–Crippen LogP) is 3.50. The van der Waals surface area contributed by atoms with Crippen LogP contribution in [0, 0.1) is 6.92 Å². The first-order chi connectivity index (χ1) is 14.0. The van der Waals surface area contributed by atoms with Gasteiger partial charge in [-0.3, -0.25) is 9.78 Å². The standard InChI is InChI=1S/C22H20N2O5/c1-13-11-17(16-5-3-4-6-18(16)23-13)22(26)29-14(2)21(25)24-15-7-8-19-20(12-15)28-10-9-27-19/h3-8,11-12,14H,9-10H2,1-2H3,(H,24,25)/t14-/m0/s1. The second-order valence-electron chi connectivity index (χ2n) is 6.72. The molecule has 7 heteroatoms. The molecule has 0 aliphatic carbocycles. The van der Waals surface area contributed by atoms with Gasteiger partial charge in [0.15, 0.2) is 17.6 Å². The molecule has 2 aromatic carbocycles. The molecule has 148 valence electrons. The van der Waals surface area contributed by atoms with Gasteiger partial charge in [0.25, 0.3) is 5.91 Å². The second kappa shape index (κ2) is 7.79. The van der Waals surface area contributed by atoms with Gasteiger partial charge >= 0.3 is 5.97 Å². The molecule has 1 aliphatic rings. The minimum Gasteiger partial charge on any atom is -0.486 e. The molecular weight excluding hydrogens is 372 g/mol. The Balaban J connectivity index is 1.47. The van der Waals surface area contributed by atoms with E-state index in [9.17, 15) is 9.59 Å². The number of amides is 1. The molecule has 2 heterocycles. The van der Waals surface area contributed by atoms with Crippen molar-refractivity contribution in [2.75, 3.05) is 18.5 Å². The van der Waals surface area contributed by atoms with Crippen LogP contribution in [0.5, 0.6) is 11.5 Å². The number of carbonyl (C=O) groups excluding carboxylic acids is 2. The number of pyridine rings is 1. The molecule has 1 N–H and O–H groups in total. The molecule has 1 atom stereocenters. The first-order valence-electron chi connectivity index (χ1n) is 9.29. The summed E-state index contributed by atoms with van der Waals surface area (Å²) >= 11 is 0. The fourth-order valence-corrected chi connectivity index (χ4v) is 3.12. The second-order valence-corrected chi connectivity index (χ2v) is 6.72. The number of ether oxygens (including phenoxy) is 3. The molecule has 0 unspecified atom stereocenters. The summed E-state index contributed by atoms with van der Waals surface area (Å²) in [6.07, 6.45) is -0.983. The Labute approximate surface area is 167 Å². The van der Waals surface area contributed by atoms with Crippen molar-refractivity contribution < 1.29 is 23.8 Å². The van der Waals surface area contributed by atoms with Crippen molar-refractivity contribution in [1.82, 2.24) is 4.98 Å². The highest BCUT2D eigenvalue weighted by Gasteiger charge is 2.22. The van der Waals surface area contributed by atoms with Gasteiger partial charge in [0.05, 0.1) is 11.1 Å². The maximum absolute atomic E-state index is 12.7. The molecule has 4 rings (SSSR count). The first kappa shape index (κ1) is 18.7. The number of carbonyl (C=O) groups is 2. The number of fused-ring (bicyclic) bond motifs is 2. The molecule has 7 nitrogen and oxygen atoms in total. The number of hydrogen-bond donors (Lipinski definition) is 1. The van der Waals surface area contributed by atoms with Gasteiger partial charge < -0.3 is 19.5 Å². The number of esters is 1. The van der Waals surface area contributed by atoms with Crippen molar-refractivity contribution in [3.05, 3.63) is 59.8 Å². The van der Waals surface area contributed by atoms with Gasteiger partial charge in [-0.2, -0.15) is 0 Å². The number of anilines is 1. The molecule has 0 bridgehead atoms. The van der Waals surface area contributed by atoms with E-state index in [0.717, 1.165) is 0 Å². The molecule has 0 saturated carbocycles. The molecule has 1 amide bonds. The van der Waals surface area contributed by atoms with Crippen LogP contribution in [-0.4, -0.2) is 36.2 Å². The number of para-hydroxylation sites is 1. The van der Waals surface area contributed by atoms with Crippen molar-refractivity contribution >= 4 is 28.5 Å². The minimum absolute atomic E-state index is 0.382. The van der Waals surface area contributed by atoms with E-state index < -0.39 is 18.0 Å². The molecule has 0 radical (unpaired) electrons. The molecular formula is C22H20N2O5. The topological polar surface area (TPSA) is 86.8 Å². The molecule has 0 fully saturated rings. The van der Waals surface area contributed by atoms with Crippen LogP contribution in [0.2, 0.25) is 0 Å². The lowest BCUT2D eigenvalue weighted by molar-refractivity contribution is -0.123. The summed E-state index contributed by atoms with van der Waals surface area (Å²) in [7, 11) is 0. The summed E-state index contributed by atoms with van der Waals surface area (Å²) in [5, 5.41) is 3.42. The fourth-order valence-electron chi connectivity index (χ4n) is 3.12. The third-order valence-electron chi connectivity index (χ3n) is 4.53. The number of nitrogens with one attached hydrogen (secondary N) is 1. The van der Waals surface area contributed by atoms with Crippen LogP contribution in [0.3, 0.4) is 0 Å². The lowest BCUT2D eigenvalue weighted by Crippen LogP contribution is -2.30. The van der Waals surface area contributed by atoms with E-state index in [1.807, 2.05) is 18.2 Å². The summed E-state index contributed by atoms with van der Waals surface area (Å²) in [5.41, 5.74) is 2.32. The van der Waals surface area contributed by atoms with Crippen molar-refractivity contribution in [2.45, 2.75) is 20.0 Å². The Kier molecular flexibility index (Phi) is 5.03. The highest BCUT2D eigenvalue weighted by atomic mass is 16.6. The Bertz CT molecular complexity index is 1100. The Morgan fingerprint density at radius 1 is 1.07 bits per heavy atom. The average Bonchev–Trinajstić information content (AvgIpc) is 2.72. The van der Waals surface area contributed by atoms with Gasteiger partial charge in [0, 0.05) is 22.8 Å². The summed E-state index contributed by atoms with van der Waals surface area (Å²) in [6.45, 7) is 4.29. The third-order valence-corrected chi connectivity index (χ3v) is 4.53. The smallest absolute Gasteiger partial charge is 0.339 e. The van der Waals surface area contributed by atoms with Crippen molar-refractivity contribution in [1.29, 1.82) is 0 Å². The van der Waals surface area contributed by atoms with Crippen LogP contribution in [0.25, 0.3) is 10.9 Å². The Hall–Kier alpha value is -3.61. The SMILES string of the molecule is Cc1cc(C(=O)O[C@@H](C)C(=O)Nc2ccc3c(c2)OCCO3)c2ccccc2n1. The number of hydrogen-bond acceptors (Lipinski definition) is 6.